The first-order valence-electron chi connectivity index (χ1n) is 2.52. The Morgan fingerprint density at radius 2 is 1.75 bits per heavy atom. The molecular weight excluding hydrogens is 98.9 g/mol. The van der Waals surface area contributed by atoms with Crippen LogP contribution in [0, 0.1) is 0 Å². The summed E-state index contributed by atoms with van der Waals surface area (Å²) in [4.78, 5) is 1.86. The lowest BCUT2D eigenvalue weighted by Gasteiger charge is -2.06. The summed E-state index contributed by atoms with van der Waals surface area (Å²) >= 11 is 0. The molecule has 0 bridgehead atoms. The van der Waals surface area contributed by atoms with Crippen molar-refractivity contribution in [1.29, 1.82) is 0 Å². The molecule has 0 unspecified atom stereocenters. The molecule has 0 aliphatic rings. The molecule has 0 saturated heterocycles. The molecule has 44 valence electrons. The van der Waals surface area contributed by atoms with Gasteiger partial charge in [0.2, 0.25) is 7.85 Å². The molecular formula is C5H12BN2+. The van der Waals surface area contributed by atoms with Gasteiger partial charge in [-0.3, -0.25) is 9.48 Å². The van der Waals surface area contributed by atoms with Crippen molar-refractivity contribution in [2.75, 3.05) is 28.2 Å². The minimum atomic E-state index is 0.769. The molecule has 0 aromatic rings. The third-order valence-electron chi connectivity index (χ3n) is 0.916. The number of amidine groups is 1. The minimum absolute atomic E-state index is 0.769. The molecule has 2 radical (unpaired) electrons. The highest BCUT2D eigenvalue weighted by Crippen LogP contribution is 1.72. The van der Waals surface area contributed by atoms with E-state index in [0.29, 0.717) is 0 Å². The maximum atomic E-state index is 5.53. The van der Waals surface area contributed by atoms with E-state index in [0.717, 1.165) is 5.73 Å². The van der Waals surface area contributed by atoms with Crippen molar-refractivity contribution in [1.82, 2.24) is 4.90 Å². The van der Waals surface area contributed by atoms with Crippen LogP contribution < -0.4 is 0 Å². The maximum absolute atomic E-state index is 5.53. The molecule has 0 aliphatic carbocycles. The summed E-state index contributed by atoms with van der Waals surface area (Å²) in [5.41, 5.74) is 0.769. The van der Waals surface area contributed by atoms with Crippen LogP contribution >= 0.6 is 0 Å². The number of hydrogen-bond donors (Lipinski definition) is 0. The van der Waals surface area contributed by atoms with Gasteiger partial charge in [-0.05, 0) is 0 Å². The Morgan fingerprint density at radius 3 is 1.75 bits per heavy atom. The molecule has 0 atom stereocenters. The second-order valence-electron chi connectivity index (χ2n) is 2.15. The Bertz CT molecular complexity index is 103. The van der Waals surface area contributed by atoms with E-state index in [1.807, 2.05) is 37.7 Å². The number of rotatable bonds is 0. The van der Waals surface area contributed by atoms with Crippen molar-refractivity contribution in [3.63, 3.8) is 0 Å². The molecule has 0 aromatic carbocycles. The van der Waals surface area contributed by atoms with Crippen molar-refractivity contribution in [2.24, 2.45) is 0 Å². The molecule has 0 N–H and O–H groups in total. The summed E-state index contributed by atoms with van der Waals surface area (Å²) < 4.78 is 1.86. The van der Waals surface area contributed by atoms with Gasteiger partial charge in [-0.1, -0.05) is 0 Å². The summed E-state index contributed by atoms with van der Waals surface area (Å²) in [6, 6.07) is 0. The second kappa shape index (κ2) is 2.75. The zero-order chi connectivity index (χ0) is 6.73. The lowest BCUT2D eigenvalue weighted by Crippen LogP contribution is -2.29. The zero-order valence-corrected chi connectivity index (χ0v) is 5.97. The van der Waals surface area contributed by atoms with Gasteiger partial charge in [0.05, 0.1) is 28.2 Å². The lowest BCUT2D eigenvalue weighted by molar-refractivity contribution is -0.466. The van der Waals surface area contributed by atoms with Crippen LogP contribution in [-0.2, 0) is 0 Å². The predicted molar refractivity (Wildman–Crippen MR) is 36.6 cm³/mol. The molecule has 8 heavy (non-hydrogen) atoms. The highest BCUT2D eigenvalue weighted by Gasteiger charge is 1.99. The van der Waals surface area contributed by atoms with Gasteiger partial charge >= 0.3 is 0 Å². The van der Waals surface area contributed by atoms with E-state index >= 15 is 0 Å². The van der Waals surface area contributed by atoms with E-state index in [1.54, 1.807) is 0 Å². The third kappa shape index (κ3) is 2.00. The number of hydrogen-bond acceptors (Lipinski definition) is 0. The largest absolute Gasteiger partial charge is 0.282 e. The SMILES string of the molecule is [B]C(N(C)C)=[N+](C)C. The highest BCUT2D eigenvalue weighted by molar-refractivity contribution is 6.57. The first kappa shape index (κ1) is 7.53. The van der Waals surface area contributed by atoms with Gasteiger partial charge in [-0.25, -0.2) is 0 Å². The third-order valence-corrected chi connectivity index (χ3v) is 0.916. The van der Waals surface area contributed by atoms with Crippen molar-refractivity contribution in [3.05, 3.63) is 0 Å². The first-order valence-corrected chi connectivity index (χ1v) is 2.52. The van der Waals surface area contributed by atoms with E-state index in [9.17, 15) is 0 Å². The van der Waals surface area contributed by atoms with Gasteiger partial charge in [0, 0.05) is 0 Å². The average molecular weight is 111 g/mol. The zero-order valence-electron chi connectivity index (χ0n) is 5.97. The van der Waals surface area contributed by atoms with Gasteiger partial charge in [-0.2, -0.15) is 0 Å². The summed E-state index contributed by atoms with van der Waals surface area (Å²) in [6.45, 7) is 0. The van der Waals surface area contributed by atoms with Gasteiger partial charge in [0.15, 0.2) is 5.73 Å². The minimum Gasteiger partial charge on any atom is -0.282 e. The van der Waals surface area contributed by atoms with E-state index < -0.39 is 0 Å². The lowest BCUT2D eigenvalue weighted by atomic mass is 10.1. The van der Waals surface area contributed by atoms with Crippen LogP contribution in [0.3, 0.4) is 0 Å². The van der Waals surface area contributed by atoms with Gasteiger partial charge in [0.1, 0.15) is 0 Å². The Labute approximate surface area is 52.2 Å². The van der Waals surface area contributed by atoms with Crippen LogP contribution in [0.15, 0.2) is 0 Å². The first-order chi connectivity index (χ1) is 3.55. The van der Waals surface area contributed by atoms with Crippen LogP contribution in [0.4, 0.5) is 0 Å². The predicted octanol–water partition coefficient (Wildman–Crippen LogP) is -0.655. The standard InChI is InChI=1S/C5H12BN2/c1-7(2)5(6)8(3)4/h1-4H3/q+1. The Balaban J connectivity index is 4.00. The van der Waals surface area contributed by atoms with Crippen molar-refractivity contribution >= 4 is 13.6 Å². The van der Waals surface area contributed by atoms with Crippen LogP contribution in [0.25, 0.3) is 0 Å². The Morgan fingerprint density at radius 1 is 1.38 bits per heavy atom. The smallest absolute Gasteiger partial charge is 0.237 e. The molecule has 2 nitrogen and oxygen atoms in total. The van der Waals surface area contributed by atoms with E-state index in [1.165, 1.54) is 0 Å². The Kier molecular flexibility index (Phi) is 2.59. The van der Waals surface area contributed by atoms with Gasteiger partial charge < -0.3 is 0 Å². The summed E-state index contributed by atoms with van der Waals surface area (Å²) in [5, 5.41) is 0. The number of nitrogens with zero attached hydrogens (tertiary/aromatic N) is 2. The summed E-state index contributed by atoms with van der Waals surface area (Å²) in [7, 11) is 13.2. The normalized spacial score (nSPS) is 8.50. The molecule has 0 rings (SSSR count). The van der Waals surface area contributed by atoms with Gasteiger partial charge in [0.25, 0.3) is 0 Å². The summed E-state index contributed by atoms with van der Waals surface area (Å²) in [5.74, 6) is 0. The highest BCUT2D eigenvalue weighted by atomic mass is 15.2. The van der Waals surface area contributed by atoms with Crippen LogP contribution in [0.5, 0.6) is 0 Å². The van der Waals surface area contributed by atoms with Crippen LogP contribution in [-0.4, -0.2) is 51.2 Å². The molecule has 3 heteroatoms. The quantitative estimate of drug-likeness (QED) is 0.174. The molecule has 0 saturated carbocycles. The molecule has 0 heterocycles. The molecule has 0 fully saturated rings. The van der Waals surface area contributed by atoms with E-state index in [4.69, 9.17) is 7.85 Å². The Hall–Kier alpha value is -0.465. The topological polar surface area (TPSA) is 6.25 Å². The van der Waals surface area contributed by atoms with Crippen molar-refractivity contribution in [2.45, 2.75) is 0 Å². The van der Waals surface area contributed by atoms with E-state index in [2.05, 4.69) is 0 Å². The second-order valence-corrected chi connectivity index (χ2v) is 2.15. The van der Waals surface area contributed by atoms with Crippen LogP contribution in [0.1, 0.15) is 0 Å². The average Bonchev–Trinajstić information content (AvgIpc) is 1.64. The maximum Gasteiger partial charge on any atom is 0.237 e. The van der Waals surface area contributed by atoms with Crippen molar-refractivity contribution in [3.8, 4) is 0 Å². The monoisotopic (exact) mass is 111 g/mol. The molecule has 0 aliphatic heterocycles. The van der Waals surface area contributed by atoms with Crippen molar-refractivity contribution < 1.29 is 4.58 Å². The molecule has 0 spiro atoms. The molecule has 0 aromatic heterocycles. The van der Waals surface area contributed by atoms with Crippen LogP contribution in [0.2, 0.25) is 0 Å². The molecule has 0 amide bonds. The fraction of sp³-hybridized carbons (Fsp3) is 0.800. The van der Waals surface area contributed by atoms with E-state index in [-0.39, 0.29) is 0 Å². The fourth-order valence-electron chi connectivity index (χ4n) is 0.400. The summed E-state index contributed by atoms with van der Waals surface area (Å²) in [6.07, 6.45) is 0. The van der Waals surface area contributed by atoms with Gasteiger partial charge in [-0.15, -0.1) is 0 Å². The fourth-order valence-corrected chi connectivity index (χ4v) is 0.400.